The van der Waals surface area contributed by atoms with Crippen LogP contribution in [0, 0.1) is 0 Å². The van der Waals surface area contributed by atoms with E-state index in [0.29, 0.717) is 5.56 Å². The molecular weight excluding hydrogens is 592 g/mol. The predicted molar refractivity (Wildman–Crippen MR) is 196 cm³/mol. The molecular formula is C43H37N2O3+. The summed E-state index contributed by atoms with van der Waals surface area (Å²) in [6.07, 6.45) is 4.91. The molecule has 0 spiro atoms. The number of aromatic nitrogens is 1. The van der Waals surface area contributed by atoms with Crippen LogP contribution in [0.1, 0.15) is 53.9 Å². The van der Waals surface area contributed by atoms with E-state index in [1.165, 1.54) is 21.8 Å². The number of carboxylic acids is 1. The van der Waals surface area contributed by atoms with E-state index in [9.17, 15) is 9.90 Å². The highest BCUT2D eigenvalue weighted by Gasteiger charge is 2.28. The number of aromatic carboxylic acids is 1. The second-order valence-electron chi connectivity index (χ2n) is 12.5. The molecule has 4 aromatic carbocycles. The Bertz CT molecular complexity index is 2420. The van der Waals surface area contributed by atoms with Gasteiger partial charge in [-0.05, 0) is 98.4 Å². The molecule has 1 aromatic heterocycles. The third-order valence-corrected chi connectivity index (χ3v) is 9.79. The van der Waals surface area contributed by atoms with Crippen molar-refractivity contribution in [3.05, 3.63) is 143 Å². The SMILES string of the molecule is CC[N+](CC)=c1ccc2c(-c3ccccc3C(=O)O)c3c(oc-2c1)/C(=C/c1ccc2c(c1)c1ccccc1n2-c1ccccc1)CCC3. The van der Waals surface area contributed by atoms with Crippen molar-refractivity contribution in [2.45, 2.75) is 33.1 Å². The second-order valence-corrected chi connectivity index (χ2v) is 12.5. The maximum atomic E-state index is 12.5. The molecule has 0 radical (unpaired) electrons. The van der Waals surface area contributed by atoms with Gasteiger partial charge in [-0.15, -0.1) is 0 Å². The highest BCUT2D eigenvalue weighted by atomic mass is 16.4. The number of fused-ring (bicyclic) bond motifs is 5. The third kappa shape index (κ3) is 4.94. The van der Waals surface area contributed by atoms with Crippen LogP contribution in [-0.4, -0.2) is 28.7 Å². The summed E-state index contributed by atoms with van der Waals surface area (Å²) in [5.41, 5.74) is 9.74. The highest BCUT2D eigenvalue weighted by molar-refractivity contribution is 6.10. The van der Waals surface area contributed by atoms with Gasteiger partial charge in [0.2, 0.25) is 5.36 Å². The fourth-order valence-corrected chi connectivity index (χ4v) is 7.57. The molecule has 8 rings (SSSR count). The minimum absolute atomic E-state index is 0.302. The average molecular weight is 630 g/mol. The molecule has 0 atom stereocenters. The van der Waals surface area contributed by atoms with Crippen molar-refractivity contribution < 1.29 is 14.3 Å². The van der Waals surface area contributed by atoms with Gasteiger partial charge >= 0.3 is 5.97 Å². The number of nitrogens with zero attached hydrogens (tertiary/aromatic N) is 2. The highest BCUT2D eigenvalue weighted by Crippen LogP contribution is 2.45. The van der Waals surface area contributed by atoms with Crippen LogP contribution in [0.2, 0.25) is 0 Å². The van der Waals surface area contributed by atoms with Gasteiger partial charge in [-0.1, -0.05) is 60.7 Å². The molecule has 3 aliphatic rings. The first-order valence-electron chi connectivity index (χ1n) is 16.9. The van der Waals surface area contributed by atoms with Gasteiger partial charge < -0.3 is 14.1 Å². The molecule has 0 fully saturated rings. The summed E-state index contributed by atoms with van der Waals surface area (Å²) in [5.74, 6) is 0.692. The lowest BCUT2D eigenvalue weighted by molar-refractivity contribution is 0.0697. The number of rotatable bonds is 6. The molecule has 236 valence electrons. The number of carboxylic acid groups (broad SMARTS) is 1. The summed E-state index contributed by atoms with van der Waals surface area (Å²) in [6, 6.07) is 39.5. The van der Waals surface area contributed by atoms with Crippen molar-refractivity contribution in [3.8, 4) is 28.1 Å². The summed E-state index contributed by atoms with van der Waals surface area (Å²) in [5, 5.41) is 13.7. The van der Waals surface area contributed by atoms with E-state index in [1.807, 2.05) is 18.2 Å². The third-order valence-electron chi connectivity index (χ3n) is 9.79. The van der Waals surface area contributed by atoms with Crippen LogP contribution in [0.5, 0.6) is 0 Å². The van der Waals surface area contributed by atoms with Gasteiger partial charge in [0.25, 0.3) is 0 Å². The van der Waals surface area contributed by atoms with Crippen LogP contribution < -0.4 is 9.93 Å². The lowest BCUT2D eigenvalue weighted by Crippen LogP contribution is -2.29. The molecule has 5 heteroatoms. The number of hydrogen-bond donors (Lipinski definition) is 1. The number of allylic oxidation sites excluding steroid dienone is 1. The molecule has 2 heterocycles. The van der Waals surface area contributed by atoms with Gasteiger partial charge in [-0.2, -0.15) is 0 Å². The Labute approximate surface area is 279 Å². The molecule has 5 nitrogen and oxygen atoms in total. The topological polar surface area (TPSA) is 58.4 Å². The Hall–Kier alpha value is -5.68. The van der Waals surface area contributed by atoms with E-state index >= 15 is 0 Å². The van der Waals surface area contributed by atoms with Gasteiger partial charge in [-0.3, -0.25) is 0 Å². The predicted octanol–water partition coefficient (Wildman–Crippen LogP) is 9.54. The van der Waals surface area contributed by atoms with Crippen molar-refractivity contribution in [3.63, 3.8) is 0 Å². The van der Waals surface area contributed by atoms with Gasteiger partial charge in [0, 0.05) is 39.2 Å². The van der Waals surface area contributed by atoms with Crippen molar-refractivity contribution in [2.75, 3.05) is 13.1 Å². The normalized spacial score (nSPS) is 13.8. The first-order chi connectivity index (χ1) is 23.6. The lowest BCUT2D eigenvalue weighted by atomic mass is 9.82. The first-order valence-corrected chi connectivity index (χ1v) is 16.9. The molecule has 48 heavy (non-hydrogen) atoms. The quantitative estimate of drug-likeness (QED) is 0.186. The van der Waals surface area contributed by atoms with Crippen molar-refractivity contribution in [1.82, 2.24) is 9.14 Å². The van der Waals surface area contributed by atoms with E-state index in [2.05, 4.69) is 114 Å². The largest absolute Gasteiger partial charge is 0.478 e. The van der Waals surface area contributed by atoms with Crippen LogP contribution in [0.15, 0.2) is 120 Å². The van der Waals surface area contributed by atoms with Crippen molar-refractivity contribution in [1.29, 1.82) is 0 Å². The Morgan fingerprint density at radius 3 is 2.35 bits per heavy atom. The minimum atomic E-state index is -0.928. The minimum Gasteiger partial charge on any atom is -0.478 e. The van der Waals surface area contributed by atoms with E-state index in [1.54, 1.807) is 12.1 Å². The zero-order valence-corrected chi connectivity index (χ0v) is 27.2. The molecule has 0 unspecified atom stereocenters. The molecule has 5 aromatic rings. The summed E-state index contributed by atoms with van der Waals surface area (Å²) in [7, 11) is 0. The van der Waals surface area contributed by atoms with Crippen molar-refractivity contribution in [2.24, 2.45) is 0 Å². The Morgan fingerprint density at radius 1 is 0.792 bits per heavy atom. The fourth-order valence-electron chi connectivity index (χ4n) is 7.57. The van der Waals surface area contributed by atoms with Gasteiger partial charge in [0.1, 0.15) is 24.6 Å². The zero-order valence-electron chi connectivity index (χ0n) is 27.2. The lowest BCUT2D eigenvalue weighted by Gasteiger charge is -2.25. The molecule has 0 saturated carbocycles. The number of benzene rings is 5. The molecule has 2 aliphatic carbocycles. The van der Waals surface area contributed by atoms with Gasteiger partial charge in [0.05, 0.1) is 22.7 Å². The molecule has 1 aliphatic heterocycles. The number of para-hydroxylation sites is 2. The van der Waals surface area contributed by atoms with E-state index in [0.717, 1.165) is 88.3 Å². The van der Waals surface area contributed by atoms with Crippen LogP contribution in [0.4, 0.5) is 0 Å². The Kier molecular flexibility index (Phi) is 7.53. The second kappa shape index (κ2) is 12.2. The van der Waals surface area contributed by atoms with Crippen LogP contribution in [-0.2, 0) is 6.42 Å². The summed E-state index contributed by atoms with van der Waals surface area (Å²) >= 11 is 0. The van der Waals surface area contributed by atoms with E-state index < -0.39 is 5.97 Å². The summed E-state index contributed by atoms with van der Waals surface area (Å²) in [4.78, 5) is 12.5. The van der Waals surface area contributed by atoms with Gasteiger partial charge in [0.15, 0.2) is 0 Å². The van der Waals surface area contributed by atoms with Crippen LogP contribution >= 0.6 is 0 Å². The smallest absolute Gasteiger partial charge is 0.336 e. The Balaban J connectivity index is 1.36. The average Bonchev–Trinajstić information content (AvgIpc) is 3.45. The number of carbonyl (C=O) groups is 1. The number of hydrogen-bond acceptors (Lipinski definition) is 2. The van der Waals surface area contributed by atoms with E-state index in [4.69, 9.17) is 4.42 Å². The fraction of sp³-hybridized carbons (Fsp3) is 0.163. The zero-order chi connectivity index (χ0) is 32.8. The maximum Gasteiger partial charge on any atom is 0.336 e. The molecule has 1 N–H and O–H groups in total. The van der Waals surface area contributed by atoms with Gasteiger partial charge in [-0.25, -0.2) is 9.37 Å². The van der Waals surface area contributed by atoms with Crippen LogP contribution in [0.25, 0.3) is 61.6 Å². The summed E-state index contributed by atoms with van der Waals surface area (Å²) in [6.45, 7) is 6.08. The first kappa shape index (κ1) is 29.7. The van der Waals surface area contributed by atoms with E-state index in [-0.39, 0.29) is 0 Å². The maximum absolute atomic E-state index is 12.5. The molecule has 0 amide bonds. The van der Waals surface area contributed by atoms with Crippen molar-refractivity contribution >= 4 is 39.4 Å². The standard InChI is InChI=1S/C43H36N2O3/c1-3-44(4-2)31-22-23-35-40(27-31)48-42-29(13-12-19-36(42)41(35)33-17-8-9-18-34(33)43(46)47)25-28-21-24-39-37(26-28)32-16-10-11-20-38(32)45(39)30-14-6-5-7-15-30/h5-11,14-18,20-27H,3-4,12-13,19H2,1-2H3/p+1. The molecule has 0 saturated heterocycles. The van der Waals surface area contributed by atoms with Crippen LogP contribution in [0.3, 0.4) is 0 Å². The summed E-state index contributed by atoms with van der Waals surface area (Å²) < 4.78 is 11.5. The molecule has 0 bridgehead atoms. The monoisotopic (exact) mass is 629 g/mol. The Morgan fingerprint density at radius 2 is 1.54 bits per heavy atom.